The van der Waals surface area contributed by atoms with E-state index in [9.17, 15) is 18.0 Å². The number of benzene rings is 2. The predicted octanol–water partition coefficient (Wildman–Crippen LogP) is 2.58. The first-order chi connectivity index (χ1) is 14.8. The molecule has 1 heterocycles. The van der Waals surface area contributed by atoms with Crippen LogP contribution in [0.4, 0.5) is 11.4 Å². The van der Waals surface area contributed by atoms with E-state index in [4.69, 9.17) is 4.74 Å². The van der Waals surface area contributed by atoms with Gasteiger partial charge in [0.1, 0.15) is 12.3 Å². The second-order valence-electron chi connectivity index (χ2n) is 7.92. The highest BCUT2D eigenvalue weighted by molar-refractivity contribution is 7.89. The summed E-state index contributed by atoms with van der Waals surface area (Å²) in [5, 5.41) is 2.78. The van der Waals surface area contributed by atoms with Gasteiger partial charge in [-0.2, -0.15) is 0 Å². The lowest BCUT2D eigenvalue weighted by molar-refractivity contribution is -0.123. The van der Waals surface area contributed by atoms with Crippen LogP contribution in [-0.4, -0.2) is 39.4 Å². The number of fused-ring (bicyclic) bond motifs is 1. The molecule has 8 nitrogen and oxygen atoms in total. The number of nitrogens with one attached hydrogen (secondary N) is 2. The summed E-state index contributed by atoms with van der Waals surface area (Å²) >= 11 is 0. The molecule has 31 heavy (non-hydrogen) atoms. The smallest absolute Gasteiger partial charge is 0.265 e. The van der Waals surface area contributed by atoms with Crippen LogP contribution >= 0.6 is 0 Å². The molecular weight excluding hydrogens is 418 g/mol. The summed E-state index contributed by atoms with van der Waals surface area (Å²) in [6.07, 6.45) is 3.70. The van der Waals surface area contributed by atoms with Gasteiger partial charge in [0.25, 0.3) is 5.91 Å². The zero-order valence-corrected chi connectivity index (χ0v) is 18.1. The molecule has 2 N–H and O–H groups in total. The molecule has 0 unspecified atom stereocenters. The van der Waals surface area contributed by atoms with Crippen molar-refractivity contribution in [3.05, 3.63) is 48.0 Å². The van der Waals surface area contributed by atoms with Gasteiger partial charge in [-0.1, -0.05) is 25.0 Å². The normalized spacial score (nSPS) is 16.7. The number of hydrogen-bond donors (Lipinski definition) is 2. The number of sulfonamides is 1. The van der Waals surface area contributed by atoms with Crippen molar-refractivity contribution in [1.29, 1.82) is 0 Å². The van der Waals surface area contributed by atoms with Crippen LogP contribution in [0, 0.1) is 6.92 Å². The second kappa shape index (κ2) is 8.68. The van der Waals surface area contributed by atoms with Crippen LogP contribution in [0.1, 0.15) is 31.2 Å². The van der Waals surface area contributed by atoms with Crippen LogP contribution in [0.3, 0.4) is 0 Å². The summed E-state index contributed by atoms with van der Waals surface area (Å²) < 4.78 is 33.6. The summed E-state index contributed by atoms with van der Waals surface area (Å²) in [6.45, 7) is 1.46. The summed E-state index contributed by atoms with van der Waals surface area (Å²) in [4.78, 5) is 26.3. The Bertz CT molecular complexity index is 1110. The number of aryl methyl sites for hydroxylation is 1. The summed E-state index contributed by atoms with van der Waals surface area (Å²) in [5.41, 5.74) is 2.02. The molecule has 2 amide bonds. The van der Waals surface area contributed by atoms with E-state index in [0.29, 0.717) is 11.4 Å². The standard InChI is InChI=1S/C22H25N3O5S/c1-15-5-4-8-17(11-15)23-21(26)13-25-19-10-9-18(12-20(19)30-14-22(25)27)31(28,29)24-16-6-2-3-7-16/h4-5,8-12,16,24H,2-3,6-7,13-14H2,1H3,(H,23,26). The summed E-state index contributed by atoms with van der Waals surface area (Å²) in [5.74, 6) is -0.463. The number of carbonyl (C=O) groups is 2. The van der Waals surface area contributed by atoms with Gasteiger partial charge in [-0.25, -0.2) is 13.1 Å². The molecule has 9 heteroatoms. The molecule has 1 saturated carbocycles. The minimum Gasteiger partial charge on any atom is -0.482 e. The first kappa shape index (κ1) is 21.3. The third kappa shape index (κ3) is 4.88. The molecule has 0 spiro atoms. The predicted molar refractivity (Wildman–Crippen MR) is 117 cm³/mol. The first-order valence-electron chi connectivity index (χ1n) is 10.3. The van der Waals surface area contributed by atoms with E-state index >= 15 is 0 Å². The van der Waals surface area contributed by atoms with Crippen molar-refractivity contribution in [3.8, 4) is 5.75 Å². The molecule has 164 valence electrons. The van der Waals surface area contributed by atoms with Gasteiger partial charge < -0.3 is 10.1 Å². The first-order valence-corrected chi connectivity index (χ1v) is 11.8. The van der Waals surface area contributed by atoms with Crippen molar-refractivity contribution in [1.82, 2.24) is 4.72 Å². The molecule has 2 aliphatic rings. The number of amides is 2. The van der Waals surface area contributed by atoms with Gasteiger partial charge in [0.2, 0.25) is 15.9 Å². The summed E-state index contributed by atoms with van der Waals surface area (Å²) in [7, 11) is -3.69. The van der Waals surface area contributed by atoms with E-state index in [0.717, 1.165) is 31.2 Å². The maximum absolute atomic E-state index is 12.7. The molecular formula is C22H25N3O5S. The average Bonchev–Trinajstić information content (AvgIpc) is 3.22. The Morgan fingerprint density at radius 3 is 2.68 bits per heavy atom. The lowest BCUT2D eigenvalue weighted by Crippen LogP contribution is -2.43. The molecule has 0 aromatic heterocycles. The molecule has 2 aromatic carbocycles. The number of rotatable bonds is 6. The molecule has 1 aliphatic carbocycles. The molecule has 1 fully saturated rings. The Kier molecular flexibility index (Phi) is 5.97. The lowest BCUT2D eigenvalue weighted by Gasteiger charge is -2.29. The van der Waals surface area contributed by atoms with E-state index in [1.165, 1.54) is 23.1 Å². The molecule has 1 aliphatic heterocycles. The number of carbonyl (C=O) groups excluding carboxylic acids is 2. The SMILES string of the molecule is Cc1cccc(NC(=O)CN2C(=O)COc3cc(S(=O)(=O)NC4CCCC4)ccc32)c1. The van der Waals surface area contributed by atoms with E-state index in [2.05, 4.69) is 10.0 Å². The molecule has 0 bridgehead atoms. The number of nitrogens with zero attached hydrogens (tertiary/aromatic N) is 1. The monoisotopic (exact) mass is 443 g/mol. The van der Waals surface area contributed by atoms with E-state index < -0.39 is 10.0 Å². The van der Waals surface area contributed by atoms with Gasteiger partial charge in [0.15, 0.2) is 6.61 Å². The molecule has 0 saturated heterocycles. The van der Waals surface area contributed by atoms with Crippen LogP contribution < -0.4 is 19.7 Å². The Balaban J connectivity index is 1.51. The van der Waals surface area contributed by atoms with Crippen molar-refractivity contribution in [2.75, 3.05) is 23.4 Å². The lowest BCUT2D eigenvalue weighted by atomic mass is 10.2. The van der Waals surface area contributed by atoms with Crippen LogP contribution in [0.25, 0.3) is 0 Å². The zero-order chi connectivity index (χ0) is 22.0. The number of ether oxygens (including phenoxy) is 1. The average molecular weight is 444 g/mol. The van der Waals surface area contributed by atoms with Crippen molar-refractivity contribution in [3.63, 3.8) is 0 Å². The van der Waals surface area contributed by atoms with Crippen molar-refractivity contribution < 1.29 is 22.7 Å². The number of anilines is 2. The minimum atomic E-state index is -3.69. The highest BCUT2D eigenvalue weighted by Crippen LogP contribution is 2.34. The van der Waals surface area contributed by atoms with Crippen LogP contribution in [0.15, 0.2) is 47.4 Å². The molecule has 4 rings (SSSR count). The fraction of sp³-hybridized carbons (Fsp3) is 0.364. The highest BCUT2D eigenvalue weighted by Gasteiger charge is 2.30. The van der Waals surface area contributed by atoms with Crippen LogP contribution in [0.5, 0.6) is 5.75 Å². The van der Waals surface area contributed by atoms with E-state index in [1.54, 1.807) is 6.07 Å². The maximum atomic E-state index is 12.7. The van der Waals surface area contributed by atoms with Crippen LogP contribution in [0.2, 0.25) is 0 Å². The van der Waals surface area contributed by atoms with Gasteiger partial charge in [0.05, 0.1) is 10.6 Å². The largest absolute Gasteiger partial charge is 0.482 e. The van der Waals surface area contributed by atoms with E-state index in [-0.39, 0.29) is 41.7 Å². The minimum absolute atomic E-state index is 0.0506. The topological polar surface area (TPSA) is 105 Å². The fourth-order valence-corrected chi connectivity index (χ4v) is 5.24. The summed E-state index contributed by atoms with van der Waals surface area (Å²) in [6, 6.07) is 11.7. The van der Waals surface area contributed by atoms with Crippen molar-refractivity contribution >= 4 is 33.2 Å². The Morgan fingerprint density at radius 2 is 1.94 bits per heavy atom. The third-order valence-corrected chi connectivity index (χ3v) is 6.98. The quantitative estimate of drug-likeness (QED) is 0.714. The third-order valence-electron chi connectivity index (χ3n) is 5.47. The maximum Gasteiger partial charge on any atom is 0.265 e. The molecule has 2 aromatic rings. The number of hydrogen-bond acceptors (Lipinski definition) is 5. The van der Waals surface area contributed by atoms with Gasteiger partial charge in [-0.15, -0.1) is 0 Å². The van der Waals surface area contributed by atoms with Crippen molar-refractivity contribution in [2.24, 2.45) is 0 Å². The van der Waals surface area contributed by atoms with Gasteiger partial charge in [0, 0.05) is 17.8 Å². The van der Waals surface area contributed by atoms with E-state index in [1.807, 2.05) is 25.1 Å². The highest BCUT2D eigenvalue weighted by atomic mass is 32.2. The van der Waals surface area contributed by atoms with Gasteiger partial charge in [-0.3, -0.25) is 14.5 Å². The van der Waals surface area contributed by atoms with Gasteiger partial charge >= 0.3 is 0 Å². The second-order valence-corrected chi connectivity index (χ2v) is 9.63. The van der Waals surface area contributed by atoms with Crippen molar-refractivity contribution in [2.45, 2.75) is 43.5 Å². The molecule has 0 atom stereocenters. The Hall–Kier alpha value is -2.91. The molecule has 0 radical (unpaired) electrons. The Morgan fingerprint density at radius 1 is 1.16 bits per heavy atom. The van der Waals surface area contributed by atoms with Crippen LogP contribution in [-0.2, 0) is 19.6 Å². The fourth-order valence-electron chi connectivity index (χ4n) is 3.92. The van der Waals surface area contributed by atoms with Gasteiger partial charge in [-0.05, 0) is 49.6 Å². The Labute approximate surface area is 181 Å². The zero-order valence-electron chi connectivity index (χ0n) is 17.3.